The fourth-order valence-corrected chi connectivity index (χ4v) is 3.52. The molecular formula is C19H21Cl. The SMILES string of the molecule is Cc1cc(C)cc(C(Cl)c2ccc3c(c2)CCCC3)c1. The van der Waals surface area contributed by atoms with E-state index in [1.165, 1.54) is 59.1 Å². The average molecular weight is 285 g/mol. The number of halogens is 1. The van der Waals surface area contributed by atoms with E-state index in [1.54, 1.807) is 0 Å². The van der Waals surface area contributed by atoms with E-state index in [-0.39, 0.29) is 5.38 Å². The normalized spacial score (nSPS) is 15.8. The summed E-state index contributed by atoms with van der Waals surface area (Å²) >= 11 is 6.72. The smallest absolute Gasteiger partial charge is 0.0835 e. The third-order valence-electron chi connectivity index (χ3n) is 4.20. The Balaban J connectivity index is 1.95. The second-order valence-electron chi connectivity index (χ2n) is 6.02. The summed E-state index contributed by atoms with van der Waals surface area (Å²) in [7, 11) is 0. The van der Waals surface area contributed by atoms with Crippen molar-refractivity contribution in [1.82, 2.24) is 0 Å². The molecule has 3 rings (SSSR count). The molecule has 2 aromatic rings. The first-order chi connectivity index (χ1) is 9.63. The summed E-state index contributed by atoms with van der Waals surface area (Å²) in [5.41, 5.74) is 8.03. The topological polar surface area (TPSA) is 0 Å². The molecule has 0 radical (unpaired) electrons. The Hall–Kier alpha value is -1.27. The van der Waals surface area contributed by atoms with E-state index in [0.29, 0.717) is 0 Å². The van der Waals surface area contributed by atoms with E-state index in [9.17, 15) is 0 Å². The van der Waals surface area contributed by atoms with Crippen LogP contribution in [-0.4, -0.2) is 0 Å². The van der Waals surface area contributed by atoms with Crippen LogP contribution in [0.15, 0.2) is 36.4 Å². The number of alkyl halides is 1. The molecule has 0 amide bonds. The molecule has 1 aliphatic rings. The molecule has 20 heavy (non-hydrogen) atoms. The fraction of sp³-hybridized carbons (Fsp3) is 0.368. The van der Waals surface area contributed by atoms with E-state index in [1.807, 2.05) is 0 Å². The van der Waals surface area contributed by atoms with Crippen LogP contribution < -0.4 is 0 Å². The van der Waals surface area contributed by atoms with Gasteiger partial charge in [-0.3, -0.25) is 0 Å². The van der Waals surface area contributed by atoms with Crippen LogP contribution in [0, 0.1) is 13.8 Å². The number of rotatable bonds is 2. The standard InChI is InChI=1S/C19H21Cl/c1-13-9-14(2)11-18(10-13)19(20)17-8-7-15-5-3-4-6-16(15)12-17/h7-12,19H,3-6H2,1-2H3. The first kappa shape index (κ1) is 13.7. The average Bonchev–Trinajstić information content (AvgIpc) is 2.45. The highest BCUT2D eigenvalue weighted by atomic mass is 35.5. The lowest BCUT2D eigenvalue weighted by Gasteiger charge is -2.19. The van der Waals surface area contributed by atoms with Crippen molar-refractivity contribution in [3.8, 4) is 0 Å². The Labute approximate surface area is 126 Å². The molecule has 0 N–H and O–H groups in total. The molecule has 0 nitrogen and oxygen atoms in total. The summed E-state index contributed by atoms with van der Waals surface area (Å²) in [6, 6.07) is 13.4. The van der Waals surface area contributed by atoms with E-state index in [2.05, 4.69) is 50.2 Å². The second kappa shape index (κ2) is 5.61. The minimum Gasteiger partial charge on any atom is -0.113 e. The summed E-state index contributed by atoms with van der Waals surface area (Å²) in [4.78, 5) is 0. The second-order valence-corrected chi connectivity index (χ2v) is 6.46. The molecule has 0 fully saturated rings. The number of hydrogen-bond acceptors (Lipinski definition) is 0. The van der Waals surface area contributed by atoms with Gasteiger partial charge in [-0.2, -0.15) is 0 Å². The van der Waals surface area contributed by atoms with E-state index in [0.717, 1.165) is 0 Å². The van der Waals surface area contributed by atoms with Crippen molar-refractivity contribution in [2.24, 2.45) is 0 Å². The van der Waals surface area contributed by atoms with E-state index in [4.69, 9.17) is 11.6 Å². The van der Waals surface area contributed by atoms with Gasteiger partial charge in [0.2, 0.25) is 0 Å². The third-order valence-corrected chi connectivity index (χ3v) is 4.71. The molecule has 1 unspecified atom stereocenters. The maximum atomic E-state index is 6.72. The van der Waals surface area contributed by atoms with Gasteiger partial charge in [0, 0.05) is 0 Å². The number of hydrogen-bond donors (Lipinski definition) is 0. The molecule has 0 bridgehead atoms. The number of aryl methyl sites for hydroxylation is 4. The van der Waals surface area contributed by atoms with Crippen molar-refractivity contribution < 1.29 is 0 Å². The summed E-state index contributed by atoms with van der Waals surface area (Å²) in [5.74, 6) is 0. The minimum absolute atomic E-state index is 0.0409. The highest BCUT2D eigenvalue weighted by Crippen LogP contribution is 2.32. The molecule has 2 aromatic carbocycles. The van der Waals surface area contributed by atoms with Crippen molar-refractivity contribution in [3.63, 3.8) is 0 Å². The molecule has 0 heterocycles. The third kappa shape index (κ3) is 2.76. The molecule has 0 aliphatic heterocycles. The van der Waals surface area contributed by atoms with Gasteiger partial charge in [-0.15, -0.1) is 11.6 Å². The summed E-state index contributed by atoms with van der Waals surface area (Å²) in [6.07, 6.45) is 5.08. The molecule has 0 aromatic heterocycles. The summed E-state index contributed by atoms with van der Waals surface area (Å²) < 4.78 is 0. The largest absolute Gasteiger partial charge is 0.113 e. The van der Waals surface area contributed by atoms with Crippen LogP contribution in [0.1, 0.15) is 51.6 Å². The lowest BCUT2D eigenvalue weighted by atomic mass is 9.89. The lowest BCUT2D eigenvalue weighted by Crippen LogP contribution is -2.04. The predicted molar refractivity (Wildman–Crippen MR) is 86.7 cm³/mol. The Morgan fingerprint density at radius 3 is 2.15 bits per heavy atom. The van der Waals surface area contributed by atoms with Gasteiger partial charge in [0.25, 0.3) is 0 Å². The molecule has 104 valence electrons. The van der Waals surface area contributed by atoms with Gasteiger partial charge in [0.1, 0.15) is 0 Å². The van der Waals surface area contributed by atoms with Crippen LogP contribution in [0.2, 0.25) is 0 Å². The van der Waals surface area contributed by atoms with Gasteiger partial charge in [-0.1, -0.05) is 47.5 Å². The number of fused-ring (bicyclic) bond motifs is 1. The van der Waals surface area contributed by atoms with Crippen LogP contribution in [-0.2, 0) is 12.8 Å². The van der Waals surface area contributed by atoms with Crippen LogP contribution in [0.5, 0.6) is 0 Å². The first-order valence-corrected chi connectivity index (χ1v) is 7.91. The van der Waals surface area contributed by atoms with Crippen molar-refractivity contribution in [2.75, 3.05) is 0 Å². The number of benzene rings is 2. The Kier molecular flexibility index (Phi) is 3.85. The fourth-order valence-electron chi connectivity index (χ4n) is 3.26. The molecule has 1 heteroatoms. The van der Waals surface area contributed by atoms with E-state index < -0.39 is 0 Å². The molecule has 0 saturated heterocycles. The lowest BCUT2D eigenvalue weighted by molar-refractivity contribution is 0.684. The Bertz CT molecular complexity index is 607. The predicted octanol–water partition coefficient (Wildman–Crippen LogP) is 5.51. The minimum atomic E-state index is -0.0409. The van der Waals surface area contributed by atoms with Crippen molar-refractivity contribution >= 4 is 11.6 Å². The highest BCUT2D eigenvalue weighted by Gasteiger charge is 2.15. The van der Waals surface area contributed by atoms with Gasteiger partial charge in [-0.25, -0.2) is 0 Å². The van der Waals surface area contributed by atoms with Gasteiger partial charge >= 0.3 is 0 Å². The molecule has 1 aliphatic carbocycles. The van der Waals surface area contributed by atoms with Crippen molar-refractivity contribution in [3.05, 3.63) is 69.8 Å². The van der Waals surface area contributed by atoms with Gasteiger partial charge in [-0.05, 0) is 61.8 Å². The van der Waals surface area contributed by atoms with Crippen LogP contribution >= 0.6 is 11.6 Å². The monoisotopic (exact) mass is 284 g/mol. The zero-order chi connectivity index (χ0) is 14.1. The molecule has 1 atom stereocenters. The first-order valence-electron chi connectivity index (χ1n) is 7.47. The zero-order valence-corrected chi connectivity index (χ0v) is 13.0. The molecule has 0 saturated carbocycles. The quantitative estimate of drug-likeness (QED) is 0.638. The van der Waals surface area contributed by atoms with Gasteiger partial charge in [0.15, 0.2) is 0 Å². The highest BCUT2D eigenvalue weighted by molar-refractivity contribution is 6.22. The Morgan fingerprint density at radius 2 is 1.45 bits per heavy atom. The van der Waals surface area contributed by atoms with Gasteiger partial charge < -0.3 is 0 Å². The van der Waals surface area contributed by atoms with Crippen LogP contribution in [0.3, 0.4) is 0 Å². The van der Waals surface area contributed by atoms with Crippen molar-refractivity contribution in [1.29, 1.82) is 0 Å². The summed E-state index contributed by atoms with van der Waals surface area (Å²) in [5, 5.41) is -0.0409. The molecular weight excluding hydrogens is 264 g/mol. The van der Waals surface area contributed by atoms with E-state index >= 15 is 0 Å². The maximum Gasteiger partial charge on any atom is 0.0835 e. The van der Waals surface area contributed by atoms with Crippen molar-refractivity contribution in [2.45, 2.75) is 44.9 Å². The van der Waals surface area contributed by atoms with Crippen LogP contribution in [0.4, 0.5) is 0 Å². The zero-order valence-electron chi connectivity index (χ0n) is 12.2. The molecule has 0 spiro atoms. The summed E-state index contributed by atoms with van der Waals surface area (Å²) in [6.45, 7) is 4.26. The van der Waals surface area contributed by atoms with Crippen LogP contribution in [0.25, 0.3) is 0 Å². The maximum absolute atomic E-state index is 6.72. The Morgan fingerprint density at radius 1 is 0.800 bits per heavy atom. The van der Waals surface area contributed by atoms with Gasteiger partial charge in [0.05, 0.1) is 5.38 Å².